The quantitative estimate of drug-likeness (QED) is 0.158. The Morgan fingerprint density at radius 1 is 1.00 bits per heavy atom. The van der Waals surface area contributed by atoms with E-state index in [9.17, 15) is 29.7 Å². The largest absolute Gasteiger partial charge is 0.459 e. The highest BCUT2D eigenvalue weighted by Crippen LogP contribution is 2.38. The number of rotatable bonds is 10. The summed E-state index contributed by atoms with van der Waals surface area (Å²) in [7, 11) is 3.73. The van der Waals surface area contributed by atoms with Gasteiger partial charge in [-0.15, -0.1) is 0 Å². The van der Waals surface area contributed by atoms with E-state index in [-0.39, 0.29) is 37.4 Å². The fraction of sp³-hybridized carbons (Fsp3) is 0.707. The van der Waals surface area contributed by atoms with Crippen molar-refractivity contribution >= 4 is 28.4 Å². The van der Waals surface area contributed by atoms with Gasteiger partial charge in [0.15, 0.2) is 12.1 Å². The van der Waals surface area contributed by atoms with Crippen molar-refractivity contribution in [1.29, 1.82) is 0 Å². The van der Waals surface area contributed by atoms with E-state index >= 15 is 0 Å². The molecule has 0 bridgehead atoms. The van der Waals surface area contributed by atoms with Gasteiger partial charge in [0.1, 0.15) is 29.5 Å². The van der Waals surface area contributed by atoms with Crippen molar-refractivity contribution in [2.75, 3.05) is 27.2 Å². The van der Waals surface area contributed by atoms with E-state index in [2.05, 4.69) is 10.3 Å². The van der Waals surface area contributed by atoms with E-state index in [1.54, 1.807) is 40.8 Å². The van der Waals surface area contributed by atoms with E-state index in [4.69, 9.17) is 18.9 Å². The Kier molecular flexibility index (Phi) is 14.9. The highest BCUT2D eigenvalue weighted by atomic mass is 16.7. The third kappa shape index (κ3) is 9.73. The number of likely N-dealkylation sites (N-methyl/N-ethyl adjacent to an activating group) is 1. The first-order chi connectivity index (χ1) is 25.3. The predicted octanol–water partition coefficient (Wildman–Crippen LogP) is 3.43. The van der Waals surface area contributed by atoms with Crippen molar-refractivity contribution in [3.05, 3.63) is 42.1 Å². The number of hydrogen-bond acceptors (Lipinski definition) is 13. The van der Waals surface area contributed by atoms with Gasteiger partial charge in [-0.3, -0.25) is 19.4 Å². The van der Waals surface area contributed by atoms with E-state index in [0.29, 0.717) is 19.5 Å². The van der Waals surface area contributed by atoms with Crippen molar-refractivity contribution in [3.63, 3.8) is 0 Å². The molecule has 13 nitrogen and oxygen atoms in total. The third-order valence-corrected chi connectivity index (χ3v) is 11.6. The van der Waals surface area contributed by atoms with Crippen LogP contribution in [0.2, 0.25) is 0 Å². The van der Waals surface area contributed by atoms with Gasteiger partial charge in [0.25, 0.3) is 0 Å². The van der Waals surface area contributed by atoms with E-state index < -0.39 is 77.3 Å². The number of ketones is 2. The lowest BCUT2D eigenvalue weighted by Gasteiger charge is -2.47. The van der Waals surface area contributed by atoms with Crippen LogP contribution >= 0.6 is 0 Å². The number of aliphatic hydroxyl groups excluding tert-OH is 2. The van der Waals surface area contributed by atoms with E-state index in [0.717, 1.165) is 16.5 Å². The number of Topliss-reactive ketones (excluding diaryl/α,β-unsaturated/α-hetero) is 2. The van der Waals surface area contributed by atoms with Gasteiger partial charge in [0, 0.05) is 48.5 Å². The number of aliphatic hydroxyl groups is 3. The molecule has 1 aromatic heterocycles. The number of pyridine rings is 1. The fourth-order valence-corrected chi connectivity index (χ4v) is 8.26. The number of nitrogens with zero attached hydrogens (tertiary/aromatic N) is 2. The van der Waals surface area contributed by atoms with Crippen LogP contribution in [0.4, 0.5) is 0 Å². The number of carbonyl (C=O) groups is 3. The van der Waals surface area contributed by atoms with E-state index in [1.807, 2.05) is 56.3 Å². The zero-order valence-electron chi connectivity index (χ0n) is 33.7. The fourth-order valence-electron chi connectivity index (χ4n) is 8.26. The molecule has 54 heavy (non-hydrogen) atoms. The second-order valence-corrected chi connectivity index (χ2v) is 16.2. The lowest BCUT2D eigenvalue weighted by atomic mass is 9.74. The van der Waals surface area contributed by atoms with Crippen LogP contribution in [0.3, 0.4) is 0 Å². The van der Waals surface area contributed by atoms with Crippen molar-refractivity contribution in [2.24, 2.45) is 23.7 Å². The Hall–Kier alpha value is -2.88. The maximum Gasteiger partial charge on any atom is 0.316 e. The Morgan fingerprint density at radius 2 is 1.69 bits per heavy atom. The molecule has 2 aliphatic heterocycles. The van der Waals surface area contributed by atoms with Crippen LogP contribution in [0.25, 0.3) is 10.9 Å². The zero-order chi connectivity index (χ0) is 40.1. The molecule has 0 saturated carbocycles. The molecule has 2 saturated heterocycles. The summed E-state index contributed by atoms with van der Waals surface area (Å²) in [6, 6.07) is 9.54. The minimum Gasteiger partial charge on any atom is -0.459 e. The monoisotopic (exact) mass is 757 g/mol. The molecule has 302 valence electrons. The number of nitrogens with one attached hydrogen (secondary N) is 1. The Morgan fingerprint density at radius 3 is 2.35 bits per heavy atom. The number of esters is 1. The summed E-state index contributed by atoms with van der Waals surface area (Å²) in [5.74, 6) is -5.81. The molecular weight excluding hydrogens is 694 g/mol. The topological polar surface area (TPSA) is 177 Å². The molecule has 0 unspecified atom stereocenters. The Balaban J connectivity index is 1.71. The van der Waals surface area contributed by atoms with Crippen molar-refractivity contribution < 1.29 is 48.7 Å². The molecule has 0 aliphatic carbocycles. The molecule has 3 heterocycles. The van der Waals surface area contributed by atoms with Crippen LogP contribution in [0.1, 0.15) is 80.2 Å². The predicted molar refractivity (Wildman–Crippen MR) is 203 cm³/mol. The number of benzene rings is 1. The molecule has 4 N–H and O–H groups in total. The molecule has 2 fully saturated rings. The van der Waals surface area contributed by atoms with Gasteiger partial charge in [-0.1, -0.05) is 45.9 Å². The number of fused-ring (bicyclic) bond motifs is 1. The lowest BCUT2D eigenvalue weighted by molar-refractivity contribution is -0.297. The standard InChI is InChI=1S/C41H63N3O10/c1-11-32-41(8,50)36(48)25(4)33(45)23(2)21-40(7,51-19-18-42-22-28-16-17-43-30-15-13-12-14-29(28)30)37(26(5)34(46)27(6)38(49)53-32)54-39-35(47)31(44(9)10)20-24(3)52-39/h12-17,23-27,31-32,35-37,39,42,47-48,50H,11,18-22H2,1-10H3/t23-,24-,25+,26+,27-,31+,32-,35-,36-,37-,39+,40-,41-/m1/s1. The van der Waals surface area contributed by atoms with Gasteiger partial charge in [-0.05, 0) is 78.7 Å². The smallest absolute Gasteiger partial charge is 0.316 e. The average Bonchev–Trinajstić information content (AvgIpc) is 3.14. The molecule has 13 heteroatoms. The molecular formula is C41H63N3O10. The summed E-state index contributed by atoms with van der Waals surface area (Å²) in [5, 5.41) is 38.9. The van der Waals surface area contributed by atoms with E-state index in [1.165, 1.54) is 13.8 Å². The third-order valence-electron chi connectivity index (χ3n) is 11.6. The summed E-state index contributed by atoms with van der Waals surface area (Å²) in [6.07, 6.45) is -3.91. The zero-order valence-corrected chi connectivity index (χ0v) is 33.7. The number of para-hydroxylation sites is 1. The highest BCUT2D eigenvalue weighted by Gasteiger charge is 2.52. The van der Waals surface area contributed by atoms with Gasteiger partial charge in [0.05, 0.1) is 36.0 Å². The number of hydrogen-bond donors (Lipinski definition) is 4. The molecule has 1 aromatic carbocycles. The van der Waals surface area contributed by atoms with Crippen molar-refractivity contribution in [3.8, 4) is 0 Å². The first-order valence-electron chi connectivity index (χ1n) is 19.3. The van der Waals surface area contributed by atoms with Crippen LogP contribution in [-0.2, 0) is 39.9 Å². The maximum atomic E-state index is 14.3. The number of aromatic nitrogens is 1. The van der Waals surface area contributed by atoms with Crippen molar-refractivity contribution in [2.45, 2.75) is 135 Å². The molecule has 2 aliphatic rings. The molecule has 0 amide bonds. The normalized spacial score (nSPS) is 37.7. The van der Waals surface area contributed by atoms with Gasteiger partial charge < -0.3 is 44.5 Å². The second-order valence-electron chi connectivity index (χ2n) is 16.2. The van der Waals surface area contributed by atoms with Crippen LogP contribution in [0, 0.1) is 23.7 Å². The summed E-state index contributed by atoms with van der Waals surface area (Å²) in [6.45, 7) is 14.1. The Labute approximate surface area is 320 Å². The van der Waals surface area contributed by atoms with Gasteiger partial charge in [0.2, 0.25) is 0 Å². The Bertz CT molecular complexity index is 1580. The van der Waals surface area contributed by atoms with Crippen LogP contribution in [0.15, 0.2) is 36.5 Å². The SMILES string of the molecule is CC[C@H]1OC(=O)[C@H](C)C(=O)[C@H](C)[C@@H](O[C@@H]2O[C@H](C)C[C@H](N(C)C)[C@H]2O)[C@](C)(OCCNCc2ccnc3ccccc23)C[C@@H](C)C(=O)[C@H](C)[C@@H](O)[C@]1(C)O. The number of carbonyl (C=O) groups excluding carboxylic acids is 3. The highest BCUT2D eigenvalue weighted by molar-refractivity contribution is 6.00. The maximum absolute atomic E-state index is 14.3. The van der Waals surface area contributed by atoms with Crippen molar-refractivity contribution in [1.82, 2.24) is 15.2 Å². The molecule has 0 spiro atoms. The van der Waals surface area contributed by atoms with Crippen LogP contribution in [0.5, 0.6) is 0 Å². The lowest BCUT2D eigenvalue weighted by Crippen LogP contribution is -2.60. The number of ether oxygens (including phenoxy) is 4. The van der Waals surface area contributed by atoms with Gasteiger partial charge in [-0.25, -0.2) is 0 Å². The minimum absolute atomic E-state index is 0.0494. The molecule has 4 rings (SSSR count). The summed E-state index contributed by atoms with van der Waals surface area (Å²) >= 11 is 0. The summed E-state index contributed by atoms with van der Waals surface area (Å²) in [5.41, 5.74) is -1.39. The molecule has 0 radical (unpaired) electrons. The minimum atomic E-state index is -1.98. The first-order valence-corrected chi connectivity index (χ1v) is 19.3. The number of cyclic esters (lactones) is 1. The van der Waals surface area contributed by atoms with Gasteiger partial charge >= 0.3 is 5.97 Å². The molecule has 13 atom stereocenters. The summed E-state index contributed by atoms with van der Waals surface area (Å²) in [4.78, 5) is 48.3. The first kappa shape index (κ1) is 43.8. The molecule has 2 aromatic rings. The summed E-state index contributed by atoms with van der Waals surface area (Å²) < 4.78 is 25.3. The van der Waals surface area contributed by atoms with Gasteiger partial charge in [-0.2, -0.15) is 0 Å². The van der Waals surface area contributed by atoms with Crippen LogP contribution < -0.4 is 5.32 Å². The van der Waals surface area contributed by atoms with Crippen LogP contribution in [-0.4, -0.2) is 124 Å². The average molecular weight is 758 g/mol. The second kappa shape index (κ2) is 18.4.